The molecule has 1 aliphatic rings. The van der Waals surface area contributed by atoms with Gasteiger partial charge in [-0.2, -0.15) is 0 Å². The molecule has 0 amide bonds. The largest absolute Gasteiger partial charge is 0.378 e. The minimum atomic E-state index is 0.755. The first kappa shape index (κ1) is 20.3. The molecule has 30 heavy (non-hydrogen) atoms. The van der Waals surface area contributed by atoms with Crippen molar-refractivity contribution in [2.75, 3.05) is 44.8 Å². The van der Waals surface area contributed by atoms with Gasteiger partial charge in [0, 0.05) is 57.2 Å². The van der Waals surface area contributed by atoms with E-state index in [1.54, 1.807) is 0 Å². The molecule has 158 valence electrons. The van der Waals surface area contributed by atoms with Crippen molar-refractivity contribution >= 4 is 22.5 Å². The molecule has 6 nitrogen and oxygen atoms in total. The van der Waals surface area contributed by atoms with Crippen LogP contribution in [-0.4, -0.2) is 50.4 Å². The summed E-state index contributed by atoms with van der Waals surface area (Å²) in [4.78, 5) is 6.71. The number of guanidine groups is 1. The quantitative estimate of drug-likeness (QED) is 0.360. The van der Waals surface area contributed by atoms with E-state index in [1.165, 1.54) is 22.2 Å². The molecule has 0 spiro atoms. The Labute approximate surface area is 178 Å². The molecule has 1 fully saturated rings. The van der Waals surface area contributed by atoms with Crippen molar-refractivity contribution < 1.29 is 4.74 Å². The number of hydrogen-bond donors (Lipinski definition) is 2. The zero-order valence-electron chi connectivity index (χ0n) is 17.7. The zero-order chi connectivity index (χ0) is 20.6. The normalized spacial score (nSPS) is 14.8. The van der Waals surface area contributed by atoms with Crippen LogP contribution in [0.3, 0.4) is 0 Å². The molecule has 1 saturated heterocycles. The van der Waals surface area contributed by atoms with Gasteiger partial charge in [0.25, 0.3) is 0 Å². The van der Waals surface area contributed by atoms with Crippen molar-refractivity contribution in [1.82, 2.24) is 15.2 Å². The van der Waals surface area contributed by atoms with Crippen molar-refractivity contribution in [2.45, 2.75) is 19.5 Å². The molecule has 0 aliphatic carbocycles. The molecule has 1 aliphatic heterocycles. The van der Waals surface area contributed by atoms with Gasteiger partial charge >= 0.3 is 0 Å². The van der Waals surface area contributed by atoms with Crippen molar-refractivity contribution in [2.24, 2.45) is 4.99 Å². The molecule has 2 N–H and O–H groups in total. The third-order valence-corrected chi connectivity index (χ3v) is 5.54. The van der Waals surface area contributed by atoms with Crippen molar-refractivity contribution in [3.63, 3.8) is 0 Å². The third kappa shape index (κ3) is 5.13. The topological polar surface area (TPSA) is 53.8 Å². The maximum atomic E-state index is 5.43. The Morgan fingerprint density at radius 1 is 1.00 bits per heavy atom. The number of morpholine rings is 1. The number of hydrogen-bond acceptors (Lipinski definition) is 3. The van der Waals surface area contributed by atoms with E-state index in [0.29, 0.717) is 0 Å². The first-order valence-electron chi connectivity index (χ1n) is 10.7. The van der Waals surface area contributed by atoms with Gasteiger partial charge in [0.2, 0.25) is 0 Å². The number of para-hydroxylation sites is 1. The summed E-state index contributed by atoms with van der Waals surface area (Å²) in [6, 6.07) is 19.4. The van der Waals surface area contributed by atoms with Gasteiger partial charge in [0.1, 0.15) is 0 Å². The van der Waals surface area contributed by atoms with Crippen LogP contribution in [-0.2, 0) is 17.8 Å². The van der Waals surface area contributed by atoms with Crippen LogP contribution in [0, 0.1) is 0 Å². The van der Waals surface area contributed by atoms with Crippen LogP contribution in [0.5, 0.6) is 0 Å². The first-order chi connectivity index (χ1) is 14.8. The number of ether oxygens (including phenoxy) is 1. The predicted octanol–water partition coefficient (Wildman–Crippen LogP) is 3.23. The van der Waals surface area contributed by atoms with Crippen LogP contribution in [0.15, 0.2) is 65.8 Å². The van der Waals surface area contributed by atoms with Crippen LogP contribution >= 0.6 is 0 Å². The molecule has 0 atom stereocenters. The second kappa shape index (κ2) is 10.2. The van der Waals surface area contributed by atoms with Gasteiger partial charge in [-0.1, -0.05) is 30.3 Å². The Bertz CT molecular complexity index is 957. The summed E-state index contributed by atoms with van der Waals surface area (Å²) in [5, 5.41) is 8.12. The van der Waals surface area contributed by atoms with E-state index in [1.807, 2.05) is 7.05 Å². The van der Waals surface area contributed by atoms with E-state index in [0.717, 1.165) is 58.3 Å². The molecular weight excluding hydrogens is 374 g/mol. The van der Waals surface area contributed by atoms with Gasteiger partial charge < -0.3 is 24.8 Å². The second-order valence-electron chi connectivity index (χ2n) is 7.54. The number of aromatic nitrogens is 1. The maximum Gasteiger partial charge on any atom is 0.191 e. The molecule has 1 aromatic heterocycles. The molecule has 2 heterocycles. The van der Waals surface area contributed by atoms with Gasteiger partial charge in [-0.15, -0.1) is 0 Å². The number of aliphatic imine (C=N–C) groups is 1. The Morgan fingerprint density at radius 2 is 1.80 bits per heavy atom. The summed E-state index contributed by atoms with van der Waals surface area (Å²) >= 11 is 0. The highest BCUT2D eigenvalue weighted by molar-refractivity contribution is 5.80. The lowest BCUT2D eigenvalue weighted by atomic mass is 10.2. The average molecular weight is 406 g/mol. The SMILES string of the molecule is CN=C(NCCCn1ccc2ccccc21)NCc1ccc(N2CCOCC2)cc1. The smallest absolute Gasteiger partial charge is 0.191 e. The monoisotopic (exact) mass is 405 g/mol. The Kier molecular flexibility index (Phi) is 6.87. The fourth-order valence-electron chi connectivity index (χ4n) is 3.84. The number of anilines is 1. The molecule has 0 saturated carbocycles. The van der Waals surface area contributed by atoms with E-state index in [4.69, 9.17) is 4.74 Å². The Morgan fingerprint density at radius 3 is 2.60 bits per heavy atom. The molecule has 4 rings (SSSR count). The number of nitrogens with zero attached hydrogens (tertiary/aromatic N) is 3. The molecule has 0 bridgehead atoms. The fourth-order valence-corrected chi connectivity index (χ4v) is 3.84. The summed E-state index contributed by atoms with van der Waals surface area (Å²) in [5.41, 5.74) is 3.80. The molecule has 6 heteroatoms. The lowest BCUT2D eigenvalue weighted by Gasteiger charge is -2.28. The first-order valence-corrected chi connectivity index (χ1v) is 10.7. The summed E-state index contributed by atoms with van der Waals surface area (Å²) in [6.07, 6.45) is 3.20. The van der Waals surface area contributed by atoms with Gasteiger partial charge in [0.05, 0.1) is 13.2 Å². The minimum absolute atomic E-state index is 0.755. The second-order valence-corrected chi connectivity index (χ2v) is 7.54. The summed E-state index contributed by atoms with van der Waals surface area (Å²) < 4.78 is 7.74. The Balaban J connectivity index is 1.20. The highest BCUT2D eigenvalue weighted by Gasteiger charge is 2.10. The van der Waals surface area contributed by atoms with E-state index in [9.17, 15) is 0 Å². The minimum Gasteiger partial charge on any atom is -0.378 e. The Hall–Kier alpha value is -2.99. The van der Waals surface area contributed by atoms with Gasteiger partial charge in [-0.3, -0.25) is 4.99 Å². The van der Waals surface area contributed by atoms with Gasteiger partial charge in [-0.05, 0) is 41.6 Å². The highest BCUT2D eigenvalue weighted by Crippen LogP contribution is 2.17. The predicted molar refractivity (Wildman–Crippen MR) is 124 cm³/mol. The van der Waals surface area contributed by atoms with Crippen molar-refractivity contribution in [1.29, 1.82) is 0 Å². The number of fused-ring (bicyclic) bond motifs is 1. The van der Waals surface area contributed by atoms with Gasteiger partial charge in [0.15, 0.2) is 5.96 Å². The van der Waals surface area contributed by atoms with Crippen LogP contribution in [0.2, 0.25) is 0 Å². The summed E-state index contributed by atoms with van der Waals surface area (Å²) in [5.74, 6) is 0.838. The third-order valence-electron chi connectivity index (χ3n) is 5.54. The van der Waals surface area contributed by atoms with Gasteiger partial charge in [-0.25, -0.2) is 0 Å². The van der Waals surface area contributed by atoms with E-state index in [2.05, 4.69) is 85.9 Å². The molecule has 0 unspecified atom stereocenters. The molecule has 3 aromatic rings. The summed E-state index contributed by atoms with van der Waals surface area (Å²) in [7, 11) is 1.82. The van der Waals surface area contributed by atoms with Crippen LogP contribution in [0.1, 0.15) is 12.0 Å². The van der Waals surface area contributed by atoms with E-state index < -0.39 is 0 Å². The fraction of sp³-hybridized carbons (Fsp3) is 0.375. The van der Waals surface area contributed by atoms with E-state index in [-0.39, 0.29) is 0 Å². The average Bonchev–Trinajstić information content (AvgIpc) is 3.23. The number of nitrogens with one attached hydrogen (secondary N) is 2. The number of aryl methyl sites for hydroxylation is 1. The maximum absolute atomic E-state index is 5.43. The molecule has 0 radical (unpaired) electrons. The number of benzene rings is 2. The van der Waals surface area contributed by atoms with Crippen molar-refractivity contribution in [3.05, 3.63) is 66.4 Å². The van der Waals surface area contributed by atoms with E-state index >= 15 is 0 Å². The van der Waals surface area contributed by atoms with Crippen LogP contribution in [0.4, 0.5) is 5.69 Å². The number of rotatable bonds is 7. The highest BCUT2D eigenvalue weighted by atomic mass is 16.5. The molecular formula is C24H31N5O. The molecule has 2 aromatic carbocycles. The summed E-state index contributed by atoms with van der Waals surface area (Å²) in [6.45, 7) is 6.17. The lowest BCUT2D eigenvalue weighted by Crippen LogP contribution is -2.37. The lowest BCUT2D eigenvalue weighted by molar-refractivity contribution is 0.122. The van der Waals surface area contributed by atoms with Crippen LogP contribution < -0.4 is 15.5 Å². The zero-order valence-corrected chi connectivity index (χ0v) is 17.7. The van der Waals surface area contributed by atoms with Crippen LogP contribution in [0.25, 0.3) is 10.9 Å². The van der Waals surface area contributed by atoms with Crippen molar-refractivity contribution in [3.8, 4) is 0 Å². The standard InChI is InChI=1S/C24H31N5O/c1-25-24(26-12-4-13-29-14-11-21-5-2-3-6-23(21)29)27-19-20-7-9-22(10-8-20)28-15-17-30-18-16-28/h2-3,5-11,14H,4,12-13,15-19H2,1H3,(H2,25,26,27).